The Morgan fingerprint density at radius 2 is 1.95 bits per heavy atom. The summed E-state index contributed by atoms with van der Waals surface area (Å²) in [7, 11) is 1.31. The molecule has 2 N–H and O–H groups in total. The molecule has 2 rings (SSSR count). The Hall–Kier alpha value is -2.20. The molecule has 0 aliphatic carbocycles. The lowest BCUT2D eigenvalue weighted by atomic mass is 10.1. The number of hydrogen-bond donors (Lipinski definition) is 2. The number of benzene rings is 2. The Morgan fingerprint density at radius 1 is 1.20 bits per heavy atom. The lowest BCUT2D eigenvalue weighted by Crippen LogP contribution is -2.01. The summed E-state index contributed by atoms with van der Waals surface area (Å²) in [5, 5.41) is 13.2. The van der Waals surface area contributed by atoms with Crippen molar-refractivity contribution < 1.29 is 14.6 Å². The molecular formula is C15H14ClNO3. The number of hydrogen-bond acceptors (Lipinski definition) is 4. The van der Waals surface area contributed by atoms with E-state index in [2.05, 4.69) is 10.1 Å². The molecule has 2 aromatic carbocycles. The van der Waals surface area contributed by atoms with Gasteiger partial charge in [-0.25, -0.2) is 4.79 Å². The first-order valence-electron chi connectivity index (χ1n) is 5.96. The van der Waals surface area contributed by atoms with Crippen molar-refractivity contribution in [2.45, 2.75) is 6.92 Å². The molecule has 0 bridgehead atoms. The lowest BCUT2D eigenvalue weighted by molar-refractivity contribution is 0.0601. The second-order valence-corrected chi connectivity index (χ2v) is 4.74. The van der Waals surface area contributed by atoms with Crippen LogP contribution >= 0.6 is 11.6 Å². The highest BCUT2D eigenvalue weighted by Gasteiger charge is 2.10. The Bertz CT molecular complexity index is 656. The molecule has 4 nitrogen and oxygen atoms in total. The van der Waals surface area contributed by atoms with Crippen molar-refractivity contribution in [1.82, 2.24) is 0 Å². The second-order valence-electron chi connectivity index (χ2n) is 4.33. The van der Waals surface area contributed by atoms with Gasteiger partial charge in [0.15, 0.2) is 0 Å². The van der Waals surface area contributed by atoms with E-state index in [0.29, 0.717) is 22.0 Å². The molecule has 0 saturated heterocycles. The predicted molar refractivity (Wildman–Crippen MR) is 78.9 cm³/mol. The number of esters is 1. The summed E-state index contributed by atoms with van der Waals surface area (Å²) >= 11 is 6.12. The smallest absolute Gasteiger partial charge is 0.337 e. The van der Waals surface area contributed by atoms with Gasteiger partial charge in [-0.2, -0.15) is 0 Å². The topological polar surface area (TPSA) is 58.6 Å². The molecule has 0 unspecified atom stereocenters. The zero-order chi connectivity index (χ0) is 14.7. The van der Waals surface area contributed by atoms with Crippen LogP contribution in [0.5, 0.6) is 5.75 Å². The monoisotopic (exact) mass is 291 g/mol. The van der Waals surface area contributed by atoms with Crippen LogP contribution in [-0.4, -0.2) is 18.2 Å². The number of rotatable bonds is 3. The zero-order valence-electron chi connectivity index (χ0n) is 11.1. The molecule has 0 heterocycles. The van der Waals surface area contributed by atoms with Gasteiger partial charge in [0.25, 0.3) is 0 Å². The minimum absolute atomic E-state index is 0.128. The van der Waals surface area contributed by atoms with Gasteiger partial charge in [-0.05, 0) is 42.8 Å². The van der Waals surface area contributed by atoms with Gasteiger partial charge in [0, 0.05) is 0 Å². The molecule has 0 saturated carbocycles. The lowest BCUT2D eigenvalue weighted by Gasteiger charge is -2.11. The van der Waals surface area contributed by atoms with E-state index in [-0.39, 0.29) is 5.75 Å². The highest BCUT2D eigenvalue weighted by Crippen LogP contribution is 2.31. The first kappa shape index (κ1) is 14.2. The molecule has 0 amide bonds. The number of nitrogens with one attached hydrogen (secondary N) is 1. The number of carbonyl (C=O) groups excluding carboxylic acids is 1. The Kier molecular flexibility index (Phi) is 4.15. The van der Waals surface area contributed by atoms with Crippen molar-refractivity contribution in [2.24, 2.45) is 0 Å². The number of anilines is 2. The average Bonchev–Trinajstić information content (AvgIpc) is 2.44. The number of halogens is 1. The molecule has 104 valence electrons. The number of phenols is 1. The molecule has 0 spiro atoms. The maximum absolute atomic E-state index is 11.4. The largest absolute Gasteiger partial charge is 0.506 e. The fourth-order valence-corrected chi connectivity index (χ4v) is 1.98. The van der Waals surface area contributed by atoms with Gasteiger partial charge in [0.1, 0.15) is 5.75 Å². The third-order valence-electron chi connectivity index (χ3n) is 2.81. The van der Waals surface area contributed by atoms with E-state index in [1.807, 2.05) is 13.0 Å². The van der Waals surface area contributed by atoms with E-state index >= 15 is 0 Å². The first-order valence-corrected chi connectivity index (χ1v) is 6.33. The number of aryl methyl sites for hydroxylation is 1. The van der Waals surface area contributed by atoms with Gasteiger partial charge in [0.05, 0.1) is 29.1 Å². The summed E-state index contributed by atoms with van der Waals surface area (Å²) in [5.74, 6) is -0.319. The SMILES string of the molecule is COC(=O)c1ccc(Nc2cc(C)ccc2O)c(Cl)c1. The van der Waals surface area contributed by atoms with E-state index < -0.39 is 5.97 Å². The molecular weight excluding hydrogens is 278 g/mol. The number of phenolic OH excluding ortho intramolecular Hbond substituents is 1. The maximum atomic E-state index is 11.4. The normalized spacial score (nSPS) is 10.2. The third kappa shape index (κ3) is 3.03. The van der Waals surface area contributed by atoms with Crippen molar-refractivity contribution in [3.05, 3.63) is 52.5 Å². The highest BCUT2D eigenvalue weighted by molar-refractivity contribution is 6.33. The first-order chi connectivity index (χ1) is 9.51. The Labute approximate surface area is 122 Å². The van der Waals surface area contributed by atoms with Crippen LogP contribution in [0.15, 0.2) is 36.4 Å². The highest BCUT2D eigenvalue weighted by atomic mass is 35.5. The average molecular weight is 292 g/mol. The minimum atomic E-state index is -0.447. The number of methoxy groups -OCH3 is 1. The molecule has 2 aromatic rings. The van der Waals surface area contributed by atoms with Gasteiger partial charge in [-0.15, -0.1) is 0 Å². The summed E-state index contributed by atoms with van der Waals surface area (Å²) < 4.78 is 4.63. The quantitative estimate of drug-likeness (QED) is 0.665. The third-order valence-corrected chi connectivity index (χ3v) is 3.12. The van der Waals surface area contributed by atoms with Gasteiger partial charge in [-0.1, -0.05) is 17.7 Å². The van der Waals surface area contributed by atoms with Crippen LogP contribution in [0.25, 0.3) is 0 Å². The van der Waals surface area contributed by atoms with Crippen LogP contribution in [0.3, 0.4) is 0 Å². The second kappa shape index (κ2) is 5.84. The number of carbonyl (C=O) groups is 1. The molecule has 0 aromatic heterocycles. The molecule has 0 atom stereocenters. The minimum Gasteiger partial charge on any atom is -0.506 e. The Morgan fingerprint density at radius 3 is 2.60 bits per heavy atom. The fourth-order valence-electron chi connectivity index (χ4n) is 1.76. The van der Waals surface area contributed by atoms with E-state index in [4.69, 9.17) is 11.6 Å². The van der Waals surface area contributed by atoms with E-state index in [1.165, 1.54) is 13.2 Å². The molecule has 0 fully saturated rings. The summed E-state index contributed by atoms with van der Waals surface area (Å²) in [6, 6.07) is 10.0. The van der Waals surface area contributed by atoms with Crippen LogP contribution in [0.1, 0.15) is 15.9 Å². The summed E-state index contributed by atoms with van der Waals surface area (Å²) in [6.07, 6.45) is 0. The summed E-state index contributed by atoms with van der Waals surface area (Å²) in [5.41, 5.74) is 2.53. The molecule has 0 radical (unpaired) electrons. The van der Waals surface area contributed by atoms with E-state index in [0.717, 1.165) is 5.56 Å². The number of ether oxygens (including phenoxy) is 1. The van der Waals surface area contributed by atoms with Crippen LogP contribution < -0.4 is 5.32 Å². The van der Waals surface area contributed by atoms with Gasteiger partial charge < -0.3 is 15.2 Å². The van der Waals surface area contributed by atoms with Crippen LogP contribution in [-0.2, 0) is 4.74 Å². The standard InChI is InChI=1S/C15H14ClNO3/c1-9-3-6-14(18)13(7-9)17-12-5-4-10(8-11(12)16)15(19)20-2/h3-8,17-18H,1-2H3. The van der Waals surface area contributed by atoms with Crippen molar-refractivity contribution >= 4 is 28.9 Å². The predicted octanol–water partition coefficient (Wildman–Crippen LogP) is 3.88. The van der Waals surface area contributed by atoms with Crippen LogP contribution in [0.2, 0.25) is 5.02 Å². The van der Waals surface area contributed by atoms with Gasteiger partial charge in [0.2, 0.25) is 0 Å². The summed E-state index contributed by atoms with van der Waals surface area (Å²) in [4.78, 5) is 11.4. The summed E-state index contributed by atoms with van der Waals surface area (Å²) in [6.45, 7) is 1.92. The van der Waals surface area contributed by atoms with Crippen LogP contribution in [0, 0.1) is 6.92 Å². The maximum Gasteiger partial charge on any atom is 0.337 e. The Balaban J connectivity index is 2.30. The fraction of sp³-hybridized carbons (Fsp3) is 0.133. The van der Waals surface area contributed by atoms with Crippen molar-refractivity contribution in [1.29, 1.82) is 0 Å². The molecule has 5 heteroatoms. The van der Waals surface area contributed by atoms with Crippen molar-refractivity contribution in [3.8, 4) is 5.75 Å². The van der Waals surface area contributed by atoms with Gasteiger partial charge in [-0.3, -0.25) is 0 Å². The van der Waals surface area contributed by atoms with Crippen molar-refractivity contribution in [2.75, 3.05) is 12.4 Å². The zero-order valence-corrected chi connectivity index (χ0v) is 11.9. The molecule has 20 heavy (non-hydrogen) atoms. The van der Waals surface area contributed by atoms with Crippen LogP contribution in [0.4, 0.5) is 11.4 Å². The van der Waals surface area contributed by atoms with Crippen molar-refractivity contribution in [3.63, 3.8) is 0 Å². The number of aromatic hydroxyl groups is 1. The van der Waals surface area contributed by atoms with E-state index in [9.17, 15) is 9.90 Å². The molecule has 0 aliphatic heterocycles. The molecule has 0 aliphatic rings. The van der Waals surface area contributed by atoms with E-state index in [1.54, 1.807) is 24.3 Å². The van der Waals surface area contributed by atoms with Gasteiger partial charge >= 0.3 is 5.97 Å².